The molecule has 1 aliphatic carbocycles. The normalized spacial score (nSPS) is 18.4. The second-order valence-electron chi connectivity index (χ2n) is 10.8. The van der Waals surface area contributed by atoms with Gasteiger partial charge in [0.2, 0.25) is 0 Å². The van der Waals surface area contributed by atoms with Crippen LogP contribution < -0.4 is 15.0 Å². The first-order valence-corrected chi connectivity index (χ1v) is 14.7. The van der Waals surface area contributed by atoms with Crippen LogP contribution in [0.5, 0.6) is 5.75 Å². The lowest BCUT2D eigenvalue weighted by atomic mass is 9.83. The Labute approximate surface area is 230 Å². The zero-order valence-electron chi connectivity index (χ0n) is 23.0. The van der Waals surface area contributed by atoms with Crippen molar-refractivity contribution in [2.24, 2.45) is 11.8 Å². The Hall–Kier alpha value is -3.03. The summed E-state index contributed by atoms with van der Waals surface area (Å²) in [5.41, 5.74) is 4.70. The maximum atomic E-state index is 5.58. The highest BCUT2D eigenvalue weighted by molar-refractivity contribution is 7.13. The molecule has 6 nitrogen and oxygen atoms in total. The lowest BCUT2D eigenvalue weighted by molar-refractivity contribution is 0.281. The molecule has 0 spiro atoms. The molecule has 1 N–H and O–H groups in total. The van der Waals surface area contributed by atoms with Crippen LogP contribution in [0.25, 0.3) is 21.5 Å². The number of anilines is 1. The number of para-hydroxylation sites is 1. The molecule has 0 amide bonds. The highest BCUT2D eigenvalue weighted by Gasteiger charge is 2.18. The van der Waals surface area contributed by atoms with Crippen molar-refractivity contribution >= 4 is 28.1 Å². The van der Waals surface area contributed by atoms with Crippen molar-refractivity contribution in [3.05, 3.63) is 64.9 Å². The van der Waals surface area contributed by atoms with Crippen LogP contribution in [0.15, 0.2) is 47.8 Å². The lowest BCUT2D eigenvalue weighted by Crippen LogP contribution is -2.25. The van der Waals surface area contributed by atoms with Gasteiger partial charge in [0, 0.05) is 43.4 Å². The summed E-state index contributed by atoms with van der Waals surface area (Å²) in [5, 5.41) is 8.02. The van der Waals surface area contributed by atoms with Crippen LogP contribution in [0.3, 0.4) is 0 Å². The van der Waals surface area contributed by atoms with Gasteiger partial charge in [-0.05, 0) is 74.0 Å². The van der Waals surface area contributed by atoms with Gasteiger partial charge in [0.05, 0.1) is 17.8 Å². The fourth-order valence-electron chi connectivity index (χ4n) is 5.29. The zero-order chi connectivity index (χ0) is 26.5. The van der Waals surface area contributed by atoms with Gasteiger partial charge < -0.3 is 15.0 Å². The second-order valence-corrected chi connectivity index (χ2v) is 11.7. The third-order valence-corrected chi connectivity index (χ3v) is 8.42. The van der Waals surface area contributed by atoms with Gasteiger partial charge in [-0.25, -0.2) is 15.0 Å². The maximum Gasteiger partial charge on any atom is 0.139 e. The number of nitrogens with one attached hydrogen (secondary N) is 1. The van der Waals surface area contributed by atoms with Crippen molar-refractivity contribution < 1.29 is 4.74 Å². The molecule has 2 aromatic carbocycles. The Morgan fingerprint density at radius 3 is 2.66 bits per heavy atom. The van der Waals surface area contributed by atoms with Crippen LogP contribution in [-0.4, -0.2) is 42.2 Å². The zero-order valence-corrected chi connectivity index (χ0v) is 23.9. The molecular formula is C31H39N5OS. The smallest absolute Gasteiger partial charge is 0.139 e. The van der Waals surface area contributed by atoms with Crippen LogP contribution in [0.1, 0.15) is 49.7 Å². The Morgan fingerprint density at radius 1 is 1.03 bits per heavy atom. The summed E-state index contributed by atoms with van der Waals surface area (Å²) in [7, 11) is 3.99. The second kappa shape index (κ2) is 12.2. The van der Waals surface area contributed by atoms with E-state index in [2.05, 4.69) is 45.8 Å². The number of aromatic nitrogens is 3. The first-order valence-electron chi connectivity index (χ1n) is 13.8. The molecule has 38 heavy (non-hydrogen) atoms. The fraction of sp³-hybridized carbons (Fsp3) is 0.452. The largest absolute Gasteiger partial charge is 0.493 e. The molecular weight excluding hydrogens is 490 g/mol. The van der Waals surface area contributed by atoms with E-state index in [4.69, 9.17) is 9.72 Å². The maximum absolute atomic E-state index is 5.58. The molecule has 1 aliphatic heterocycles. The molecule has 2 aliphatic rings. The van der Waals surface area contributed by atoms with Gasteiger partial charge in [0.25, 0.3) is 0 Å². The number of hydrogen-bond acceptors (Lipinski definition) is 7. The van der Waals surface area contributed by atoms with Crippen LogP contribution >= 0.6 is 11.3 Å². The number of aryl methyl sites for hydroxylation is 1. The molecule has 0 bridgehead atoms. The predicted octanol–water partition coefficient (Wildman–Crippen LogP) is 6.67. The Bertz CT molecular complexity index is 1360. The molecule has 4 aromatic rings. The van der Waals surface area contributed by atoms with Crippen molar-refractivity contribution in [1.82, 2.24) is 20.3 Å². The molecule has 1 saturated carbocycles. The molecule has 0 unspecified atom stereocenters. The number of benzene rings is 2. The van der Waals surface area contributed by atoms with E-state index in [1.54, 1.807) is 11.3 Å². The van der Waals surface area contributed by atoms with Gasteiger partial charge in [-0.3, -0.25) is 0 Å². The summed E-state index contributed by atoms with van der Waals surface area (Å²) in [5.74, 6) is 4.62. The summed E-state index contributed by atoms with van der Waals surface area (Å²) in [6.45, 7) is 7.13. The van der Waals surface area contributed by atoms with Gasteiger partial charge in [-0.2, -0.15) is 0 Å². The van der Waals surface area contributed by atoms with Crippen LogP contribution in [0.4, 0.5) is 5.82 Å². The number of thiazole rings is 1. The number of rotatable bonds is 6. The van der Waals surface area contributed by atoms with Crippen molar-refractivity contribution in [3.63, 3.8) is 0 Å². The van der Waals surface area contributed by atoms with Crippen LogP contribution in [0, 0.1) is 18.8 Å². The predicted molar refractivity (Wildman–Crippen MR) is 158 cm³/mol. The molecule has 0 saturated heterocycles. The third kappa shape index (κ3) is 6.51. The number of nitrogens with zero attached hydrogens (tertiary/aromatic N) is 4. The standard InChI is InChI=1S/C20H26N2OS.C11H13N3/c1-14-2-4-15(5-3-14)11-21-12-18-13-24-20(22-18)17-6-7-19-16(10-17)8-9-23-19;1-8-12-10-7-5-4-6-9(10)11(13-8)14(2)3/h6-7,10,13-15,21H,2-5,8-9,11-12H2,1H3;4-7H,1-3H3. The van der Waals surface area contributed by atoms with E-state index in [0.717, 1.165) is 76.9 Å². The van der Waals surface area contributed by atoms with E-state index >= 15 is 0 Å². The molecule has 200 valence electrons. The van der Waals surface area contributed by atoms with Crippen LogP contribution in [-0.2, 0) is 13.0 Å². The van der Waals surface area contributed by atoms with Gasteiger partial charge in [0.15, 0.2) is 0 Å². The van der Waals surface area contributed by atoms with E-state index < -0.39 is 0 Å². The SMILES string of the molecule is CC1CCC(CNCc2csc(-c3ccc4c(c3)CCO4)n2)CC1.Cc1nc(N(C)C)c2ccccc2n1. The molecule has 1 fully saturated rings. The summed E-state index contributed by atoms with van der Waals surface area (Å²) in [6, 6.07) is 14.5. The molecule has 7 heteroatoms. The van der Waals surface area contributed by atoms with Crippen LogP contribution in [0.2, 0.25) is 0 Å². The first-order chi connectivity index (χ1) is 18.5. The number of fused-ring (bicyclic) bond motifs is 2. The van der Waals surface area contributed by atoms with Gasteiger partial charge in [-0.15, -0.1) is 11.3 Å². The van der Waals surface area contributed by atoms with E-state index in [1.807, 2.05) is 50.2 Å². The molecule has 6 rings (SSSR count). The average molecular weight is 530 g/mol. The van der Waals surface area contributed by atoms with Gasteiger partial charge >= 0.3 is 0 Å². The minimum absolute atomic E-state index is 0.811. The van der Waals surface area contributed by atoms with E-state index in [9.17, 15) is 0 Å². The Balaban J connectivity index is 0.000000179. The number of hydrogen-bond donors (Lipinski definition) is 1. The van der Waals surface area contributed by atoms with Gasteiger partial charge in [-0.1, -0.05) is 31.9 Å². The average Bonchev–Trinajstić information content (AvgIpc) is 3.59. The summed E-state index contributed by atoms with van der Waals surface area (Å²) >= 11 is 1.74. The lowest BCUT2D eigenvalue weighted by Gasteiger charge is -2.26. The first kappa shape index (κ1) is 26.6. The van der Waals surface area contributed by atoms with E-state index in [-0.39, 0.29) is 0 Å². The highest BCUT2D eigenvalue weighted by atomic mass is 32.1. The fourth-order valence-corrected chi connectivity index (χ4v) is 6.11. The topological polar surface area (TPSA) is 63.2 Å². The van der Waals surface area contributed by atoms with Gasteiger partial charge in [0.1, 0.15) is 22.4 Å². The monoisotopic (exact) mass is 529 g/mol. The molecule has 2 aromatic heterocycles. The summed E-state index contributed by atoms with van der Waals surface area (Å²) in [4.78, 5) is 15.6. The van der Waals surface area contributed by atoms with E-state index in [0.29, 0.717) is 0 Å². The molecule has 0 radical (unpaired) electrons. The van der Waals surface area contributed by atoms with Crippen molar-refractivity contribution in [3.8, 4) is 16.3 Å². The number of ether oxygens (including phenoxy) is 1. The molecule has 3 heterocycles. The highest BCUT2D eigenvalue weighted by Crippen LogP contribution is 2.32. The third-order valence-electron chi connectivity index (χ3n) is 7.48. The molecule has 0 atom stereocenters. The van der Waals surface area contributed by atoms with Crippen molar-refractivity contribution in [2.45, 2.75) is 52.5 Å². The van der Waals surface area contributed by atoms with E-state index in [1.165, 1.54) is 36.8 Å². The Morgan fingerprint density at radius 2 is 1.84 bits per heavy atom. The Kier molecular flexibility index (Phi) is 8.55. The summed E-state index contributed by atoms with van der Waals surface area (Å²) < 4.78 is 5.58. The summed E-state index contributed by atoms with van der Waals surface area (Å²) in [6.07, 6.45) is 6.58. The quantitative estimate of drug-likeness (QED) is 0.301. The van der Waals surface area contributed by atoms with Crippen molar-refractivity contribution in [2.75, 3.05) is 32.1 Å². The minimum Gasteiger partial charge on any atom is -0.493 e. The van der Waals surface area contributed by atoms with Crippen molar-refractivity contribution in [1.29, 1.82) is 0 Å². The minimum atomic E-state index is 0.811.